The van der Waals surface area contributed by atoms with Gasteiger partial charge < -0.3 is 19.8 Å². The maximum absolute atomic E-state index is 13.9. The fourth-order valence-electron chi connectivity index (χ4n) is 4.81. The lowest BCUT2D eigenvalue weighted by Gasteiger charge is -2.11. The van der Waals surface area contributed by atoms with Crippen LogP contribution in [0.4, 0.5) is 46.8 Å². The van der Waals surface area contributed by atoms with Crippen molar-refractivity contribution in [3.8, 4) is 0 Å². The van der Waals surface area contributed by atoms with Crippen molar-refractivity contribution in [1.29, 1.82) is 0 Å². The molecule has 0 spiro atoms. The van der Waals surface area contributed by atoms with Crippen LogP contribution in [0.1, 0.15) is 42.5 Å². The number of halogens is 8. The number of aromatic nitrogens is 8. The lowest BCUT2D eigenvalue weighted by atomic mass is 10.2. The topological polar surface area (TPSA) is 111 Å². The Kier molecular flexibility index (Phi) is 9.04. The second-order valence-corrected chi connectivity index (χ2v) is 11.0. The van der Waals surface area contributed by atoms with Crippen LogP contribution in [-0.4, -0.2) is 51.6 Å². The number of fused-ring (bicyclic) bond motifs is 2. The molecule has 0 aliphatic heterocycles. The molecular weight excluding hydrogens is 664 g/mol. The summed E-state index contributed by atoms with van der Waals surface area (Å²) in [6, 6.07) is 12.2. The van der Waals surface area contributed by atoms with Gasteiger partial charge in [0.25, 0.3) is 0 Å². The maximum Gasteiger partial charge on any atom is 0.451 e. The summed E-state index contributed by atoms with van der Waals surface area (Å²) < 4.78 is 109. The van der Waals surface area contributed by atoms with Crippen LogP contribution >= 0.6 is 0 Å². The minimum absolute atomic E-state index is 0.00195. The molecule has 1 saturated carbocycles. The van der Waals surface area contributed by atoms with Gasteiger partial charge in [0, 0.05) is 23.7 Å². The second kappa shape index (κ2) is 13.2. The molecule has 2 N–H and O–H groups in total. The summed E-state index contributed by atoms with van der Waals surface area (Å²) in [5.41, 5.74) is 1.14. The van der Waals surface area contributed by atoms with Crippen LogP contribution in [0.25, 0.3) is 22.3 Å². The van der Waals surface area contributed by atoms with Gasteiger partial charge >= 0.3 is 12.4 Å². The van der Waals surface area contributed by atoms with E-state index in [0.29, 0.717) is 17.7 Å². The number of hydrogen-bond acceptors (Lipinski definition) is 8. The van der Waals surface area contributed by atoms with Crippen LogP contribution in [-0.2, 0) is 25.4 Å². The first-order valence-electron chi connectivity index (χ1n) is 14.9. The van der Waals surface area contributed by atoms with Crippen molar-refractivity contribution in [1.82, 2.24) is 39.0 Å². The van der Waals surface area contributed by atoms with E-state index in [1.165, 1.54) is 40.0 Å². The van der Waals surface area contributed by atoms with Crippen molar-refractivity contribution >= 4 is 34.0 Å². The van der Waals surface area contributed by atoms with Gasteiger partial charge in [0.05, 0.1) is 25.7 Å². The van der Waals surface area contributed by atoms with Gasteiger partial charge in [-0.15, -0.1) is 0 Å². The Morgan fingerprint density at radius 1 is 0.673 bits per heavy atom. The van der Waals surface area contributed by atoms with Crippen molar-refractivity contribution in [2.75, 3.05) is 17.2 Å². The highest BCUT2D eigenvalue weighted by molar-refractivity contribution is 5.84. The molecule has 18 heteroatoms. The fraction of sp³-hybridized carbons (Fsp3) is 0.290. The van der Waals surface area contributed by atoms with Crippen LogP contribution in [0.2, 0.25) is 0 Å². The third kappa shape index (κ3) is 7.52. The highest BCUT2D eigenvalue weighted by atomic mass is 19.4. The molecule has 49 heavy (non-hydrogen) atoms. The van der Waals surface area contributed by atoms with Gasteiger partial charge in [0.1, 0.15) is 22.7 Å². The molecule has 1 aliphatic rings. The van der Waals surface area contributed by atoms with Crippen LogP contribution in [0.15, 0.2) is 61.2 Å². The maximum atomic E-state index is 13.9. The van der Waals surface area contributed by atoms with E-state index in [9.17, 15) is 35.1 Å². The first-order chi connectivity index (χ1) is 23.3. The SMILES string of the molecule is CCNc1nc(C(F)(F)F)nc2c1ncn2Cc1ccccc1F.Fc1ccccc1Cn1cnc2c(NC3CC3)nc(C(F)(F)F)nc21. The third-order valence-corrected chi connectivity index (χ3v) is 7.29. The molecule has 256 valence electrons. The molecule has 0 unspecified atom stereocenters. The summed E-state index contributed by atoms with van der Waals surface area (Å²) >= 11 is 0. The molecule has 0 radical (unpaired) electrons. The van der Waals surface area contributed by atoms with Crippen LogP contribution < -0.4 is 10.6 Å². The molecule has 0 saturated heterocycles. The quantitative estimate of drug-likeness (QED) is 0.163. The molecule has 2 aromatic carbocycles. The van der Waals surface area contributed by atoms with Gasteiger partial charge in [0.15, 0.2) is 22.9 Å². The third-order valence-electron chi connectivity index (χ3n) is 7.29. The Bertz CT molecular complexity index is 2100. The van der Waals surface area contributed by atoms with E-state index in [1.807, 2.05) is 0 Å². The smallest absolute Gasteiger partial charge is 0.368 e. The monoisotopic (exact) mass is 690 g/mol. The molecule has 4 heterocycles. The molecule has 10 nitrogen and oxygen atoms in total. The van der Waals surface area contributed by atoms with E-state index in [4.69, 9.17) is 0 Å². The summed E-state index contributed by atoms with van der Waals surface area (Å²) in [6.07, 6.45) is -4.94. The zero-order valence-corrected chi connectivity index (χ0v) is 25.5. The number of alkyl halides is 6. The predicted octanol–water partition coefficient (Wildman–Crippen LogP) is 7.07. The standard InChI is InChI=1S/C16H13F4N5.C15H13F4N5/c17-11-4-2-1-3-9(11)7-25-8-21-12-13(22-10-5-6-10)23-15(16(18,19)20)24-14(12)25;1-2-20-12-11-13(23-14(22-12)15(17,18)19)24(8-21-11)7-9-5-3-4-6-10(9)16/h1-4,8,10H,5-7H2,(H,22,23,24);3-6,8H,2,7H2,1H3,(H,20,22,23). The fourth-order valence-corrected chi connectivity index (χ4v) is 4.81. The zero-order valence-electron chi connectivity index (χ0n) is 25.5. The number of nitrogens with zero attached hydrogens (tertiary/aromatic N) is 8. The molecule has 6 aromatic rings. The predicted molar refractivity (Wildman–Crippen MR) is 162 cm³/mol. The van der Waals surface area contributed by atoms with Gasteiger partial charge in [-0.2, -0.15) is 26.3 Å². The normalized spacial score (nSPS) is 13.4. The van der Waals surface area contributed by atoms with Gasteiger partial charge in [0.2, 0.25) is 11.6 Å². The summed E-state index contributed by atoms with van der Waals surface area (Å²) in [7, 11) is 0. The first kappa shape index (κ1) is 33.5. The zero-order chi connectivity index (χ0) is 34.9. The van der Waals surface area contributed by atoms with E-state index >= 15 is 0 Å². The molecule has 0 bridgehead atoms. The molecule has 0 atom stereocenters. The molecule has 4 aromatic heterocycles. The van der Waals surface area contributed by atoms with Crippen molar-refractivity contribution in [3.63, 3.8) is 0 Å². The van der Waals surface area contributed by atoms with E-state index in [0.717, 1.165) is 12.8 Å². The summed E-state index contributed by atoms with van der Waals surface area (Å²) in [6.45, 7) is 2.16. The van der Waals surface area contributed by atoms with E-state index in [-0.39, 0.29) is 53.1 Å². The average Bonchev–Trinajstić information content (AvgIpc) is 3.63. The molecule has 0 amide bonds. The highest BCUT2D eigenvalue weighted by Crippen LogP contribution is 2.33. The van der Waals surface area contributed by atoms with Gasteiger partial charge in [-0.25, -0.2) is 38.7 Å². The molecule has 1 fully saturated rings. The Morgan fingerprint density at radius 2 is 1.12 bits per heavy atom. The molecule has 7 rings (SSSR count). The van der Waals surface area contributed by atoms with Crippen molar-refractivity contribution in [2.45, 2.75) is 51.2 Å². The van der Waals surface area contributed by atoms with Crippen molar-refractivity contribution < 1.29 is 35.1 Å². The number of rotatable bonds is 8. The van der Waals surface area contributed by atoms with Crippen molar-refractivity contribution in [3.05, 3.63) is 95.6 Å². The lowest BCUT2D eigenvalue weighted by molar-refractivity contribution is -0.145. The van der Waals surface area contributed by atoms with Gasteiger partial charge in [-0.1, -0.05) is 36.4 Å². The molecular formula is C31H26F8N10. The Hall–Kier alpha value is -5.42. The van der Waals surface area contributed by atoms with Crippen LogP contribution in [0, 0.1) is 11.6 Å². The van der Waals surface area contributed by atoms with E-state index < -0.39 is 35.6 Å². The van der Waals surface area contributed by atoms with Crippen LogP contribution in [0.5, 0.6) is 0 Å². The Labute approximate surface area is 272 Å². The number of nitrogens with one attached hydrogen (secondary N) is 2. The van der Waals surface area contributed by atoms with E-state index in [2.05, 4.69) is 40.5 Å². The van der Waals surface area contributed by atoms with E-state index in [1.54, 1.807) is 37.3 Å². The number of anilines is 2. The number of hydrogen-bond donors (Lipinski definition) is 2. The Morgan fingerprint density at radius 3 is 1.55 bits per heavy atom. The summed E-state index contributed by atoms with van der Waals surface area (Å²) in [4.78, 5) is 22.5. The minimum atomic E-state index is -4.69. The van der Waals surface area contributed by atoms with Gasteiger partial charge in [-0.3, -0.25) is 0 Å². The number of imidazole rings is 2. The summed E-state index contributed by atoms with van der Waals surface area (Å²) in [5.74, 6) is -3.32. The number of benzene rings is 2. The second-order valence-electron chi connectivity index (χ2n) is 11.0. The van der Waals surface area contributed by atoms with Crippen LogP contribution in [0.3, 0.4) is 0 Å². The highest BCUT2D eigenvalue weighted by Gasteiger charge is 2.38. The van der Waals surface area contributed by atoms with Crippen molar-refractivity contribution in [2.24, 2.45) is 0 Å². The minimum Gasteiger partial charge on any atom is -0.368 e. The lowest BCUT2D eigenvalue weighted by Crippen LogP contribution is -2.15. The first-order valence-corrected chi connectivity index (χ1v) is 14.9. The Balaban J connectivity index is 0.000000170. The summed E-state index contributed by atoms with van der Waals surface area (Å²) in [5, 5.41) is 5.71. The van der Waals surface area contributed by atoms with Gasteiger partial charge in [-0.05, 0) is 31.9 Å². The largest absolute Gasteiger partial charge is 0.451 e. The molecule has 1 aliphatic carbocycles. The average molecular weight is 691 g/mol.